The third-order valence-corrected chi connectivity index (χ3v) is 7.48. The van der Waals surface area contributed by atoms with E-state index in [1.54, 1.807) is 13.3 Å². The van der Waals surface area contributed by atoms with E-state index >= 15 is 0 Å². The van der Waals surface area contributed by atoms with Gasteiger partial charge in [0.15, 0.2) is 0 Å². The summed E-state index contributed by atoms with van der Waals surface area (Å²) in [5, 5.41) is 15.4. The molecule has 32 heavy (non-hydrogen) atoms. The van der Waals surface area contributed by atoms with Crippen molar-refractivity contribution in [1.82, 2.24) is 19.3 Å². The van der Waals surface area contributed by atoms with E-state index in [4.69, 9.17) is 4.55 Å². The second-order valence-electron chi connectivity index (χ2n) is 9.09. The predicted octanol–water partition coefficient (Wildman–Crippen LogP) is 2.63. The van der Waals surface area contributed by atoms with Crippen LogP contribution in [0, 0.1) is 5.92 Å². The highest BCUT2D eigenvalue weighted by Gasteiger charge is 2.43. The molecule has 1 fully saturated rings. The van der Waals surface area contributed by atoms with E-state index in [0.717, 1.165) is 29.7 Å². The first-order valence-corrected chi connectivity index (χ1v) is 12.3. The number of rotatable bonds is 6. The molecule has 0 radical (unpaired) electrons. The van der Waals surface area contributed by atoms with Crippen LogP contribution in [0.25, 0.3) is 11.0 Å². The standard InChI is InChI=1S/C22H27N5O4S/c1-22(28)11-16(10-15(22)12-25-32(29,30)31)27-9-8-18-20(23-13-24-21(18)27)26-19-7-6-14-4-2-3-5-17(14)19/h2-5,8-9,13,15-16,19,25,28H,6-7,10-12H2,1H3,(H,23,24,26)(H,29,30,31)/t15-,16+,19-,22-/m0/s1. The molecule has 1 aromatic carbocycles. The summed E-state index contributed by atoms with van der Waals surface area (Å²) in [7, 11) is -4.30. The molecular formula is C22H27N5O4S. The molecule has 2 aliphatic rings. The minimum absolute atomic E-state index is 0.0234. The Balaban J connectivity index is 1.39. The summed E-state index contributed by atoms with van der Waals surface area (Å²) in [6.07, 6.45) is 6.57. The molecule has 3 aromatic rings. The van der Waals surface area contributed by atoms with Crippen molar-refractivity contribution in [1.29, 1.82) is 0 Å². The van der Waals surface area contributed by atoms with Crippen molar-refractivity contribution in [2.75, 3.05) is 11.9 Å². The molecule has 2 heterocycles. The lowest BCUT2D eigenvalue weighted by Crippen LogP contribution is -2.38. The van der Waals surface area contributed by atoms with Crippen LogP contribution in [0.4, 0.5) is 5.82 Å². The molecule has 0 saturated heterocycles. The van der Waals surface area contributed by atoms with Crippen LogP contribution >= 0.6 is 0 Å². The molecule has 0 aliphatic heterocycles. The first kappa shape index (κ1) is 21.3. The summed E-state index contributed by atoms with van der Waals surface area (Å²) in [4.78, 5) is 9.00. The number of hydrogen-bond acceptors (Lipinski definition) is 6. The van der Waals surface area contributed by atoms with E-state index < -0.39 is 15.9 Å². The molecule has 0 amide bonds. The maximum absolute atomic E-state index is 11.1. The monoisotopic (exact) mass is 457 g/mol. The number of fused-ring (bicyclic) bond motifs is 2. The van der Waals surface area contributed by atoms with Crippen LogP contribution in [-0.2, 0) is 16.7 Å². The normalized spacial score (nSPS) is 27.7. The highest BCUT2D eigenvalue weighted by atomic mass is 32.2. The van der Waals surface area contributed by atoms with Gasteiger partial charge in [-0.15, -0.1) is 0 Å². The van der Waals surface area contributed by atoms with Gasteiger partial charge in [0.2, 0.25) is 0 Å². The fourth-order valence-corrected chi connectivity index (χ4v) is 5.69. The summed E-state index contributed by atoms with van der Waals surface area (Å²) < 4.78 is 35.3. The molecule has 2 aromatic heterocycles. The zero-order valence-electron chi connectivity index (χ0n) is 17.8. The summed E-state index contributed by atoms with van der Waals surface area (Å²) in [6, 6.07) is 10.6. The minimum atomic E-state index is -4.30. The Hall–Kier alpha value is -2.53. The van der Waals surface area contributed by atoms with Gasteiger partial charge in [0.1, 0.15) is 17.8 Å². The Morgan fingerprint density at radius 1 is 1.25 bits per heavy atom. The Morgan fingerprint density at radius 2 is 2.06 bits per heavy atom. The van der Waals surface area contributed by atoms with Gasteiger partial charge in [0.05, 0.1) is 17.0 Å². The van der Waals surface area contributed by atoms with Crippen LogP contribution in [0.2, 0.25) is 0 Å². The lowest BCUT2D eigenvalue weighted by Gasteiger charge is -2.24. The summed E-state index contributed by atoms with van der Waals surface area (Å²) in [6.45, 7) is 1.68. The molecule has 5 rings (SSSR count). The third-order valence-electron chi connectivity index (χ3n) is 6.94. The van der Waals surface area contributed by atoms with Gasteiger partial charge in [-0.2, -0.15) is 13.1 Å². The molecule has 4 atom stereocenters. The number of aryl methyl sites for hydroxylation is 1. The van der Waals surface area contributed by atoms with Crippen LogP contribution in [0.15, 0.2) is 42.9 Å². The topological polar surface area (TPSA) is 129 Å². The minimum Gasteiger partial charge on any atom is -0.390 e. The Labute approximate surface area is 186 Å². The van der Waals surface area contributed by atoms with Crippen molar-refractivity contribution < 1.29 is 18.1 Å². The first-order chi connectivity index (χ1) is 15.2. The predicted molar refractivity (Wildman–Crippen MR) is 121 cm³/mol. The van der Waals surface area contributed by atoms with Crippen molar-refractivity contribution >= 4 is 27.2 Å². The first-order valence-electron chi connectivity index (χ1n) is 10.8. The molecule has 0 spiro atoms. The van der Waals surface area contributed by atoms with Crippen LogP contribution in [0.1, 0.15) is 49.4 Å². The van der Waals surface area contributed by atoms with Gasteiger partial charge in [0.25, 0.3) is 0 Å². The molecule has 0 bridgehead atoms. The quantitative estimate of drug-likeness (QED) is 0.419. The number of benzene rings is 1. The van der Waals surface area contributed by atoms with Gasteiger partial charge in [0, 0.05) is 24.7 Å². The van der Waals surface area contributed by atoms with Crippen molar-refractivity contribution in [2.45, 2.75) is 50.3 Å². The average molecular weight is 458 g/mol. The SMILES string of the molecule is C[C@]1(O)C[C@H](n2ccc3c(N[C@H]4CCc5ccccc54)ncnc32)C[C@H]1CNS(=O)(=O)O. The van der Waals surface area contributed by atoms with Gasteiger partial charge < -0.3 is 15.0 Å². The highest BCUT2D eigenvalue weighted by molar-refractivity contribution is 7.83. The van der Waals surface area contributed by atoms with E-state index in [-0.39, 0.29) is 24.5 Å². The smallest absolute Gasteiger partial charge is 0.333 e. The Bertz CT molecular complexity index is 1260. The number of nitrogens with one attached hydrogen (secondary N) is 2. The van der Waals surface area contributed by atoms with Gasteiger partial charge in [-0.1, -0.05) is 24.3 Å². The van der Waals surface area contributed by atoms with E-state index in [2.05, 4.69) is 44.3 Å². The molecule has 1 saturated carbocycles. The van der Waals surface area contributed by atoms with Gasteiger partial charge in [-0.3, -0.25) is 4.55 Å². The van der Waals surface area contributed by atoms with Crippen LogP contribution in [0.5, 0.6) is 0 Å². The Morgan fingerprint density at radius 3 is 2.88 bits per heavy atom. The third kappa shape index (κ3) is 3.99. The molecule has 10 heteroatoms. The number of hydrogen-bond donors (Lipinski definition) is 4. The number of anilines is 1. The molecule has 9 nitrogen and oxygen atoms in total. The largest absolute Gasteiger partial charge is 0.390 e. The van der Waals surface area contributed by atoms with Crippen molar-refractivity contribution in [3.63, 3.8) is 0 Å². The number of aromatic nitrogens is 3. The van der Waals surface area contributed by atoms with Crippen molar-refractivity contribution in [2.24, 2.45) is 5.92 Å². The summed E-state index contributed by atoms with van der Waals surface area (Å²) in [5.74, 6) is 0.450. The van der Waals surface area contributed by atoms with Crippen LogP contribution < -0.4 is 10.0 Å². The molecular weight excluding hydrogens is 430 g/mol. The van der Waals surface area contributed by atoms with Crippen LogP contribution in [-0.4, -0.2) is 44.8 Å². The molecule has 4 N–H and O–H groups in total. The number of nitrogens with zero attached hydrogens (tertiary/aromatic N) is 3. The lowest BCUT2D eigenvalue weighted by atomic mass is 9.93. The van der Waals surface area contributed by atoms with E-state index in [1.807, 2.05) is 16.8 Å². The molecule has 2 aliphatic carbocycles. The van der Waals surface area contributed by atoms with E-state index in [0.29, 0.717) is 12.8 Å². The average Bonchev–Trinajstić information content (AvgIpc) is 3.42. The van der Waals surface area contributed by atoms with Crippen molar-refractivity contribution in [3.8, 4) is 0 Å². The highest BCUT2D eigenvalue weighted by Crippen LogP contribution is 2.43. The van der Waals surface area contributed by atoms with E-state index in [1.165, 1.54) is 11.1 Å². The second-order valence-corrected chi connectivity index (χ2v) is 10.3. The fraction of sp³-hybridized carbons (Fsp3) is 0.455. The zero-order chi connectivity index (χ0) is 22.5. The van der Waals surface area contributed by atoms with Gasteiger partial charge in [-0.25, -0.2) is 9.97 Å². The maximum Gasteiger partial charge on any atom is 0.333 e. The van der Waals surface area contributed by atoms with Crippen molar-refractivity contribution in [3.05, 3.63) is 54.0 Å². The summed E-state index contributed by atoms with van der Waals surface area (Å²) >= 11 is 0. The molecule has 0 unspecified atom stereocenters. The Kier molecular flexibility index (Phi) is 5.20. The second kappa shape index (κ2) is 7.80. The maximum atomic E-state index is 11.1. The van der Waals surface area contributed by atoms with Gasteiger partial charge >= 0.3 is 10.3 Å². The van der Waals surface area contributed by atoms with Gasteiger partial charge in [-0.05, 0) is 49.8 Å². The lowest BCUT2D eigenvalue weighted by molar-refractivity contribution is 0.0217. The fourth-order valence-electron chi connectivity index (χ4n) is 5.28. The zero-order valence-corrected chi connectivity index (χ0v) is 18.6. The van der Waals surface area contributed by atoms with E-state index in [9.17, 15) is 13.5 Å². The molecule has 170 valence electrons. The van der Waals surface area contributed by atoms with Crippen LogP contribution in [0.3, 0.4) is 0 Å². The number of aliphatic hydroxyl groups is 1. The summed E-state index contributed by atoms with van der Waals surface area (Å²) in [5.41, 5.74) is 2.38.